The van der Waals surface area contributed by atoms with Gasteiger partial charge in [0, 0.05) is 18.9 Å². The van der Waals surface area contributed by atoms with Crippen LogP contribution in [0.4, 0.5) is 0 Å². The molecule has 0 saturated carbocycles. The van der Waals surface area contributed by atoms with Gasteiger partial charge >= 0.3 is 0 Å². The molecule has 1 aromatic rings. The third-order valence-electron chi connectivity index (χ3n) is 1.98. The van der Waals surface area contributed by atoms with E-state index in [0.29, 0.717) is 10.2 Å². The van der Waals surface area contributed by atoms with Gasteiger partial charge in [-0.2, -0.15) is 0 Å². The fourth-order valence-corrected chi connectivity index (χ4v) is 1.55. The quantitative estimate of drug-likeness (QED) is 0.713. The van der Waals surface area contributed by atoms with Crippen molar-refractivity contribution in [2.75, 3.05) is 7.11 Å². The Morgan fingerprint density at radius 1 is 1.38 bits per heavy atom. The lowest BCUT2D eigenvalue weighted by Gasteiger charge is -2.23. The topological polar surface area (TPSA) is 22.1 Å². The van der Waals surface area contributed by atoms with Crippen LogP contribution >= 0.6 is 23.2 Å². The maximum absolute atomic E-state index is 5.99. The lowest BCUT2D eigenvalue weighted by atomic mass is 10.0. The van der Waals surface area contributed by atoms with E-state index in [9.17, 15) is 0 Å². The van der Waals surface area contributed by atoms with Gasteiger partial charge in [-0.1, -0.05) is 23.2 Å². The highest BCUT2D eigenvalue weighted by Gasteiger charge is 2.22. The molecule has 0 spiro atoms. The van der Waals surface area contributed by atoms with Gasteiger partial charge in [0.2, 0.25) is 0 Å². The molecule has 0 aliphatic heterocycles. The molecule has 1 aromatic heterocycles. The number of ether oxygens (including phenoxy) is 1. The van der Waals surface area contributed by atoms with E-state index in [4.69, 9.17) is 27.9 Å². The van der Waals surface area contributed by atoms with E-state index in [1.165, 1.54) is 0 Å². The highest BCUT2D eigenvalue weighted by molar-refractivity contribution is 6.34. The summed E-state index contributed by atoms with van der Waals surface area (Å²) >= 11 is 11.7. The molecule has 0 bridgehead atoms. The normalized spacial score (nSPS) is 11.8. The second kappa shape index (κ2) is 3.82. The van der Waals surface area contributed by atoms with E-state index in [-0.39, 0.29) is 0 Å². The Labute approximate surface area is 87.8 Å². The summed E-state index contributed by atoms with van der Waals surface area (Å²) in [5, 5.41) is 0.965. The van der Waals surface area contributed by atoms with Crippen LogP contribution in [0.25, 0.3) is 0 Å². The van der Waals surface area contributed by atoms with Crippen LogP contribution < -0.4 is 0 Å². The van der Waals surface area contributed by atoms with Crippen molar-refractivity contribution in [2.24, 2.45) is 0 Å². The number of hydrogen-bond donors (Lipinski definition) is 0. The molecular weight excluding hydrogens is 209 g/mol. The van der Waals surface area contributed by atoms with E-state index < -0.39 is 5.60 Å². The van der Waals surface area contributed by atoms with Crippen molar-refractivity contribution in [3.05, 3.63) is 28.0 Å². The minimum absolute atomic E-state index is 0.389. The Morgan fingerprint density at radius 3 is 2.46 bits per heavy atom. The van der Waals surface area contributed by atoms with Gasteiger partial charge < -0.3 is 4.74 Å². The van der Waals surface area contributed by atoms with Crippen LogP contribution in [0.15, 0.2) is 12.3 Å². The molecule has 0 atom stereocenters. The van der Waals surface area contributed by atoms with E-state index in [1.807, 2.05) is 13.8 Å². The number of hydrogen-bond acceptors (Lipinski definition) is 2. The maximum Gasteiger partial charge on any atom is 0.130 e. The largest absolute Gasteiger partial charge is 0.374 e. The molecule has 13 heavy (non-hydrogen) atoms. The zero-order chi connectivity index (χ0) is 10.1. The SMILES string of the molecule is COC(C)(C)c1cnc(Cl)cc1Cl. The van der Waals surface area contributed by atoms with Crippen LogP contribution in [0.2, 0.25) is 10.2 Å². The number of rotatable bonds is 2. The molecule has 0 amide bonds. The molecule has 0 aliphatic carbocycles. The number of halogens is 2. The van der Waals surface area contributed by atoms with Gasteiger partial charge in [-0.05, 0) is 19.9 Å². The van der Waals surface area contributed by atoms with Gasteiger partial charge in [-0.15, -0.1) is 0 Å². The summed E-state index contributed by atoms with van der Waals surface area (Å²) < 4.78 is 5.28. The molecule has 0 aliphatic rings. The lowest BCUT2D eigenvalue weighted by Crippen LogP contribution is -2.20. The van der Waals surface area contributed by atoms with Crippen molar-refractivity contribution in [1.82, 2.24) is 4.98 Å². The molecule has 0 aromatic carbocycles. The number of methoxy groups -OCH3 is 1. The number of nitrogens with zero attached hydrogens (tertiary/aromatic N) is 1. The summed E-state index contributed by atoms with van der Waals surface area (Å²) in [6, 6.07) is 1.61. The first-order valence-electron chi connectivity index (χ1n) is 3.84. The summed E-state index contributed by atoms with van der Waals surface area (Å²) in [5.41, 5.74) is 0.398. The van der Waals surface area contributed by atoms with Gasteiger partial charge in [0.1, 0.15) is 5.15 Å². The predicted molar refractivity (Wildman–Crippen MR) is 54.3 cm³/mol. The monoisotopic (exact) mass is 219 g/mol. The second-order valence-corrected chi connectivity index (χ2v) is 4.00. The first kappa shape index (κ1) is 10.8. The van der Waals surface area contributed by atoms with Crippen LogP contribution in [0.3, 0.4) is 0 Å². The van der Waals surface area contributed by atoms with E-state index in [0.717, 1.165) is 5.56 Å². The molecule has 1 heterocycles. The molecule has 1 rings (SSSR count). The average molecular weight is 220 g/mol. The molecule has 0 unspecified atom stereocenters. The molecule has 2 nitrogen and oxygen atoms in total. The summed E-state index contributed by atoms with van der Waals surface area (Å²) in [5.74, 6) is 0. The molecule has 0 fully saturated rings. The third-order valence-corrected chi connectivity index (χ3v) is 2.50. The molecule has 72 valence electrons. The zero-order valence-corrected chi connectivity index (χ0v) is 9.28. The fraction of sp³-hybridized carbons (Fsp3) is 0.444. The van der Waals surface area contributed by atoms with Crippen LogP contribution in [0, 0.1) is 0 Å². The Bertz CT molecular complexity index is 312. The summed E-state index contributed by atoms with van der Waals surface area (Å²) in [6.07, 6.45) is 1.63. The number of pyridine rings is 1. The Morgan fingerprint density at radius 2 is 2.00 bits per heavy atom. The van der Waals surface area contributed by atoms with Gasteiger partial charge in [0.15, 0.2) is 0 Å². The first-order chi connectivity index (χ1) is 5.97. The summed E-state index contributed by atoms with van der Waals surface area (Å²) in [7, 11) is 1.63. The molecule has 0 N–H and O–H groups in total. The first-order valence-corrected chi connectivity index (χ1v) is 4.59. The zero-order valence-electron chi connectivity index (χ0n) is 7.77. The number of aromatic nitrogens is 1. The van der Waals surface area contributed by atoms with Crippen molar-refractivity contribution in [3.63, 3.8) is 0 Å². The Kier molecular flexibility index (Phi) is 3.17. The average Bonchev–Trinajstić information content (AvgIpc) is 2.03. The standard InChI is InChI=1S/C9H11Cl2NO/c1-9(2,13-3)6-5-12-8(11)4-7(6)10/h4-5H,1-3H3. The summed E-state index contributed by atoms with van der Waals surface area (Å²) in [4.78, 5) is 3.96. The lowest BCUT2D eigenvalue weighted by molar-refractivity contribution is 0.0190. The van der Waals surface area contributed by atoms with E-state index in [2.05, 4.69) is 4.98 Å². The van der Waals surface area contributed by atoms with Gasteiger partial charge in [0.25, 0.3) is 0 Å². The van der Waals surface area contributed by atoms with Crippen molar-refractivity contribution < 1.29 is 4.74 Å². The van der Waals surface area contributed by atoms with Crippen molar-refractivity contribution in [2.45, 2.75) is 19.4 Å². The highest BCUT2D eigenvalue weighted by Crippen LogP contribution is 2.30. The Balaban J connectivity index is 3.16. The van der Waals surface area contributed by atoms with Crippen molar-refractivity contribution >= 4 is 23.2 Å². The molecule has 4 heteroatoms. The fourth-order valence-electron chi connectivity index (χ4n) is 0.960. The molecule has 0 saturated heterocycles. The van der Waals surface area contributed by atoms with Crippen LogP contribution in [-0.2, 0) is 10.3 Å². The van der Waals surface area contributed by atoms with E-state index in [1.54, 1.807) is 19.4 Å². The van der Waals surface area contributed by atoms with Crippen molar-refractivity contribution in [3.8, 4) is 0 Å². The minimum atomic E-state index is -0.436. The maximum atomic E-state index is 5.99. The molecular formula is C9H11Cl2NO. The minimum Gasteiger partial charge on any atom is -0.374 e. The summed E-state index contributed by atoms with van der Waals surface area (Å²) in [6.45, 7) is 3.84. The Hall–Kier alpha value is -0.310. The van der Waals surface area contributed by atoms with Crippen molar-refractivity contribution in [1.29, 1.82) is 0 Å². The third kappa shape index (κ3) is 2.33. The van der Waals surface area contributed by atoms with Gasteiger partial charge in [-0.25, -0.2) is 4.98 Å². The second-order valence-electron chi connectivity index (χ2n) is 3.20. The van der Waals surface area contributed by atoms with Gasteiger partial charge in [-0.3, -0.25) is 0 Å². The van der Waals surface area contributed by atoms with E-state index >= 15 is 0 Å². The van der Waals surface area contributed by atoms with Crippen LogP contribution in [-0.4, -0.2) is 12.1 Å². The highest BCUT2D eigenvalue weighted by atomic mass is 35.5. The van der Waals surface area contributed by atoms with Crippen LogP contribution in [0.1, 0.15) is 19.4 Å². The molecule has 0 radical (unpaired) electrons. The van der Waals surface area contributed by atoms with Crippen LogP contribution in [0.5, 0.6) is 0 Å². The predicted octanol–water partition coefficient (Wildman–Crippen LogP) is 3.27. The smallest absolute Gasteiger partial charge is 0.130 e. The van der Waals surface area contributed by atoms with Gasteiger partial charge in [0.05, 0.1) is 10.6 Å².